The number of halogens is 1. The van der Waals surface area contributed by atoms with Gasteiger partial charge in [0, 0.05) is 20.2 Å². The van der Waals surface area contributed by atoms with Crippen LogP contribution in [0, 0.1) is 5.82 Å². The number of nitrogens with zero attached hydrogens (tertiary/aromatic N) is 4. The molecular formula is C22H18FN5O4S. The number of amides is 1. The molecular weight excluding hydrogens is 449 g/mol. The van der Waals surface area contributed by atoms with Crippen molar-refractivity contribution in [3.8, 4) is 5.69 Å². The molecule has 2 aromatic heterocycles. The Bertz CT molecular complexity index is 1570. The van der Waals surface area contributed by atoms with E-state index in [0.717, 1.165) is 31.5 Å². The second-order valence-corrected chi connectivity index (χ2v) is 8.05. The number of anilines is 1. The second kappa shape index (κ2) is 8.87. The largest absolute Gasteiger partial charge is 0.332 e. The molecule has 0 radical (unpaired) electrons. The highest BCUT2D eigenvalue weighted by molar-refractivity contribution is 7.99. The number of para-hydroxylation sites is 2. The molecule has 33 heavy (non-hydrogen) atoms. The van der Waals surface area contributed by atoms with Gasteiger partial charge in [0.25, 0.3) is 11.1 Å². The number of nitrogens with one attached hydrogen (secondary N) is 1. The first kappa shape index (κ1) is 22.2. The lowest BCUT2D eigenvalue weighted by atomic mass is 10.2. The highest BCUT2D eigenvalue weighted by atomic mass is 32.2. The van der Waals surface area contributed by atoms with Gasteiger partial charge in [-0.25, -0.2) is 14.2 Å². The van der Waals surface area contributed by atoms with E-state index in [0.29, 0.717) is 10.9 Å². The number of hydrogen-bond donors (Lipinski definition) is 1. The van der Waals surface area contributed by atoms with E-state index >= 15 is 0 Å². The Kier molecular flexibility index (Phi) is 5.97. The molecule has 11 heteroatoms. The zero-order chi connectivity index (χ0) is 23.7. The van der Waals surface area contributed by atoms with E-state index in [1.54, 1.807) is 30.3 Å². The third-order valence-electron chi connectivity index (χ3n) is 4.96. The summed E-state index contributed by atoms with van der Waals surface area (Å²) in [5.41, 5.74) is -1.20. The number of thioether (sulfide) groups is 1. The molecule has 1 N–H and O–H groups in total. The zero-order valence-corrected chi connectivity index (χ0v) is 18.4. The summed E-state index contributed by atoms with van der Waals surface area (Å²) in [6.45, 7) is 0. The number of carbonyl (C=O) groups excluding carboxylic acids is 1. The minimum atomic E-state index is -0.613. The Labute approximate surface area is 190 Å². The first-order chi connectivity index (χ1) is 15.8. The van der Waals surface area contributed by atoms with E-state index in [4.69, 9.17) is 0 Å². The summed E-state index contributed by atoms with van der Waals surface area (Å²) in [4.78, 5) is 54.1. The summed E-state index contributed by atoms with van der Waals surface area (Å²) in [5.74, 6) is -1.32. The quantitative estimate of drug-likeness (QED) is 0.353. The highest BCUT2D eigenvalue weighted by Crippen LogP contribution is 2.23. The average molecular weight is 467 g/mol. The molecule has 2 heterocycles. The van der Waals surface area contributed by atoms with Crippen LogP contribution >= 0.6 is 11.8 Å². The van der Waals surface area contributed by atoms with Gasteiger partial charge in [0.05, 0.1) is 22.3 Å². The lowest BCUT2D eigenvalue weighted by Crippen LogP contribution is -2.38. The van der Waals surface area contributed by atoms with Crippen LogP contribution in [-0.4, -0.2) is 30.3 Å². The van der Waals surface area contributed by atoms with Crippen LogP contribution in [0.1, 0.15) is 0 Å². The van der Waals surface area contributed by atoms with Gasteiger partial charge in [-0.3, -0.25) is 28.1 Å². The number of fused-ring (bicyclic) bond motifs is 1. The van der Waals surface area contributed by atoms with Crippen LogP contribution in [-0.2, 0) is 18.9 Å². The van der Waals surface area contributed by atoms with Crippen LogP contribution in [0.5, 0.6) is 0 Å². The monoisotopic (exact) mass is 467 g/mol. The molecule has 4 aromatic rings. The van der Waals surface area contributed by atoms with Gasteiger partial charge < -0.3 is 5.32 Å². The summed E-state index contributed by atoms with van der Waals surface area (Å²) >= 11 is 0.927. The zero-order valence-electron chi connectivity index (χ0n) is 17.6. The van der Waals surface area contributed by atoms with E-state index in [2.05, 4.69) is 10.3 Å². The Balaban J connectivity index is 1.69. The molecule has 4 rings (SSSR count). The van der Waals surface area contributed by atoms with Crippen molar-refractivity contribution in [3.63, 3.8) is 0 Å². The Morgan fingerprint density at radius 3 is 2.48 bits per heavy atom. The summed E-state index contributed by atoms with van der Waals surface area (Å²) in [6, 6.07) is 13.6. The van der Waals surface area contributed by atoms with Crippen LogP contribution in [0.15, 0.2) is 74.1 Å². The maximum atomic E-state index is 14.5. The van der Waals surface area contributed by atoms with Crippen molar-refractivity contribution >= 4 is 34.4 Å². The van der Waals surface area contributed by atoms with Gasteiger partial charge in [0.15, 0.2) is 5.16 Å². The number of rotatable bonds is 5. The Hall–Kier alpha value is -3.99. The van der Waals surface area contributed by atoms with Crippen molar-refractivity contribution in [2.45, 2.75) is 5.16 Å². The van der Waals surface area contributed by atoms with Crippen molar-refractivity contribution in [2.75, 3.05) is 11.1 Å². The molecule has 1 amide bonds. The third kappa shape index (κ3) is 4.22. The Morgan fingerprint density at radius 2 is 1.73 bits per heavy atom. The fraction of sp³-hybridized carbons (Fsp3) is 0.136. The number of carbonyl (C=O) groups is 1. The minimum absolute atomic E-state index is 0.0117. The molecule has 0 bridgehead atoms. The molecule has 0 aliphatic carbocycles. The predicted molar refractivity (Wildman–Crippen MR) is 124 cm³/mol. The fourth-order valence-electron chi connectivity index (χ4n) is 3.22. The molecule has 0 saturated carbocycles. The maximum Gasteiger partial charge on any atom is 0.332 e. The number of benzene rings is 2. The van der Waals surface area contributed by atoms with Gasteiger partial charge in [0.2, 0.25) is 5.91 Å². The van der Waals surface area contributed by atoms with Crippen LogP contribution in [0.2, 0.25) is 0 Å². The lowest BCUT2D eigenvalue weighted by molar-refractivity contribution is -0.113. The smallest absolute Gasteiger partial charge is 0.311 e. The maximum absolute atomic E-state index is 14.5. The van der Waals surface area contributed by atoms with Gasteiger partial charge in [0.1, 0.15) is 11.6 Å². The van der Waals surface area contributed by atoms with E-state index in [9.17, 15) is 23.6 Å². The summed E-state index contributed by atoms with van der Waals surface area (Å²) in [5, 5.41) is 2.94. The standard InChI is InChI=1S/C22H18FN5O4S/c1-26-17(11-19(30)27(2)22(26)32)25-18(29)12-33-21-24-15-9-5-3-7-13(15)20(31)28(21)16-10-6-4-8-14(16)23/h3-11H,12H2,1-2H3,(H,25,29). The summed E-state index contributed by atoms with van der Waals surface area (Å²) in [7, 11) is 2.75. The lowest BCUT2D eigenvalue weighted by Gasteiger charge is -2.14. The summed E-state index contributed by atoms with van der Waals surface area (Å²) < 4.78 is 17.7. The molecule has 2 aromatic carbocycles. The third-order valence-corrected chi connectivity index (χ3v) is 5.90. The molecule has 9 nitrogen and oxygen atoms in total. The molecule has 0 atom stereocenters. The van der Waals surface area contributed by atoms with Crippen molar-refractivity contribution in [3.05, 3.63) is 91.6 Å². The van der Waals surface area contributed by atoms with Crippen molar-refractivity contribution in [2.24, 2.45) is 14.1 Å². The first-order valence-electron chi connectivity index (χ1n) is 9.74. The normalized spacial score (nSPS) is 11.0. The van der Waals surface area contributed by atoms with Crippen LogP contribution in [0.25, 0.3) is 16.6 Å². The van der Waals surface area contributed by atoms with E-state index in [1.165, 1.54) is 32.3 Å². The highest BCUT2D eigenvalue weighted by Gasteiger charge is 2.17. The van der Waals surface area contributed by atoms with E-state index < -0.39 is 28.5 Å². The van der Waals surface area contributed by atoms with Gasteiger partial charge in [-0.15, -0.1) is 0 Å². The van der Waals surface area contributed by atoms with Crippen LogP contribution in [0.4, 0.5) is 10.2 Å². The van der Waals surface area contributed by atoms with E-state index in [1.807, 2.05) is 0 Å². The average Bonchev–Trinajstić information content (AvgIpc) is 2.81. The van der Waals surface area contributed by atoms with Crippen molar-refractivity contribution in [1.82, 2.24) is 18.7 Å². The van der Waals surface area contributed by atoms with Crippen molar-refractivity contribution in [1.29, 1.82) is 0 Å². The van der Waals surface area contributed by atoms with Gasteiger partial charge in [-0.1, -0.05) is 36.0 Å². The second-order valence-electron chi connectivity index (χ2n) is 7.11. The number of aromatic nitrogens is 4. The molecule has 168 valence electrons. The molecule has 0 aliphatic rings. The predicted octanol–water partition coefficient (Wildman–Crippen LogP) is 1.65. The van der Waals surface area contributed by atoms with E-state index in [-0.39, 0.29) is 22.4 Å². The van der Waals surface area contributed by atoms with Gasteiger partial charge in [-0.05, 0) is 24.3 Å². The topological polar surface area (TPSA) is 108 Å². The molecule has 0 spiro atoms. The van der Waals surface area contributed by atoms with Crippen LogP contribution < -0.4 is 22.1 Å². The van der Waals surface area contributed by atoms with Crippen LogP contribution in [0.3, 0.4) is 0 Å². The Morgan fingerprint density at radius 1 is 1.03 bits per heavy atom. The molecule has 0 fully saturated rings. The number of hydrogen-bond acceptors (Lipinski definition) is 6. The first-order valence-corrected chi connectivity index (χ1v) is 10.7. The summed E-state index contributed by atoms with van der Waals surface area (Å²) in [6.07, 6.45) is 0. The molecule has 0 aliphatic heterocycles. The molecule has 0 saturated heterocycles. The van der Waals surface area contributed by atoms with Crippen molar-refractivity contribution < 1.29 is 9.18 Å². The molecule has 0 unspecified atom stereocenters. The minimum Gasteiger partial charge on any atom is -0.311 e. The van der Waals surface area contributed by atoms with Gasteiger partial charge in [-0.2, -0.15) is 0 Å². The SMILES string of the molecule is Cn1c(NC(=O)CSc2nc3ccccc3c(=O)n2-c2ccccc2F)cc(=O)n(C)c1=O. The van der Waals surface area contributed by atoms with Gasteiger partial charge >= 0.3 is 5.69 Å². The fourth-order valence-corrected chi connectivity index (χ4v) is 4.02.